The number of H-pyrrole nitrogens is 1. The highest BCUT2D eigenvalue weighted by atomic mass is 35.5. The van der Waals surface area contributed by atoms with Crippen molar-refractivity contribution in [2.75, 3.05) is 11.4 Å². The molecular formula is C22H16ClN9O. The molecule has 6 heterocycles. The quantitative estimate of drug-likeness (QED) is 0.442. The van der Waals surface area contributed by atoms with Crippen molar-refractivity contribution in [3.8, 4) is 11.9 Å². The first-order valence-corrected chi connectivity index (χ1v) is 10.7. The topological polar surface area (TPSA) is 121 Å². The summed E-state index contributed by atoms with van der Waals surface area (Å²) in [6.07, 6.45) is 6.38. The Hall–Kier alpha value is -4.23. The molecule has 1 N–H and O–H groups in total. The van der Waals surface area contributed by atoms with Crippen LogP contribution in [0.4, 0.5) is 5.82 Å². The van der Waals surface area contributed by atoms with E-state index in [9.17, 15) is 10.1 Å². The predicted octanol–water partition coefficient (Wildman–Crippen LogP) is 2.87. The summed E-state index contributed by atoms with van der Waals surface area (Å²) in [7, 11) is 0. The Labute approximate surface area is 191 Å². The fraction of sp³-hybridized carbons (Fsp3) is 0.182. The molecule has 10 nitrogen and oxygen atoms in total. The maximum Gasteiger partial charge on any atom is 0.285 e. The number of aromatic nitrogens is 7. The van der Waals surface area contributed by atoms with Gasteiger partial charge in [0.2, 0.25) is 0 Å². The van der Waals surface area contributed by atoms with Crippen LogP contribution in [0.3, 0.4) is 0 Å². The van der Waals surface area contributed by atoms with E-state index in [0.717, 1.165) is 0 Å². The first-order chi connectivity index (χ1) is 16.1. The molecule has 11 heteroatoms. The van der Waals surface area contributed by atoms with Crippen molar-refractivity contribution < 1.29 is 0 Å². The second-order valence-electron chi connectivity index (χ2n) is 7.95. The monoisotopic (exact) mass is 457 g/mol. The van der Waals surface area contributed by atoms with Crippen molar-refractivity contribution in [2.45, 2.75) is 13.0 Å². The Balaban J connectivity index is 1.60. The number of hydrogen-bond acceptors (Lipinski definition) is 7. The Morgan fingerprint density at radius 2 is 2.12 bits per heavy atom. The fourth-order valence-corrected chi connectivity index (χ4v) is 4.73. The number of rotatable bonds is 3. The standard InChI is InChI=1S/C22H16ClN9O/c1-12-10-30(20-16-13(8-24)9-26-19(16)27-11-28-20)17(12)21-29-31-7-5-14(23)18(31)22(33)32(21)15-4-2-3-6-25-15/h2-7,9,11-12,17H,10H2,1H3,(H,26,27,28)/t12-,17-/m0/s1. The molecule has 0 unspecified atom stereocenters. The van der Waals surface area contributed by atoms with Crippen LogP contribution in [-0.2, 0) is 0 Å². The number of fused-ring (bicyclic) bond motifs is 2. The molecule has 0 aromatic carbocycles. The maximum atomic E-state index is 13.6. The van der Waals surface area contributed by atoms with Crippen molar-refractivity contribution in [3.05, 3.63) is 75.9 Å². The predicted molar refractivity (Wildman–Crippen MR) is 121 cm³/mol. The Morgan fingerprint density at radius 1 is 1.24 bits per heavy atom. The third-order valence-corrected chi connectivity index (χ3v) is 6.31. The molecule has 162 valence electrons. The third kappa shape index (κ3) is 2.76. The van der Waals surface area contributed by atoms with Crippen LogP contribution in [0.1, 0.15) is 24.4 Å². The van der Waals surface area contributed by atoms with Crippen molar-refractivity contribution in [2.24, 2.45) is 5.92 Å². The zero-order valence-corrected chi connectivity index (χ0v) is 18.1. The van der Waals surface area contributed by atoms with Crippen LogP contribution in [0.2, 0.25) is 5.02 Å². The van der Waals surface area contributed by atoms with E-state index in [4.69, 9.17) is 16.7 Å². The number of pyridine rings is 1. The zero-order valence-electron chi connectivity index (χ0n) is 17.3. The highest BCUT2D eigenvalue weighted by Gasteiger charge is 2.43. The number of hydrogen-bond donors (Lipinski definition) is 1. The number of nitriles is 1. The van der Waals surface area contributed by atoms with Gasteiger partial charge in [0.25, 0.3) is 5.56 Å². The molecule has 5 aromatic rings. The van der Waals surface area contributed by atoms with Crippen LogP contribution in [0.15, 0.2) is 54.0 Å². The van der Waals surface area contributed by atoms with Crippen LogP contribution in [0.5, 0.6) is 0 Å². The van der Waals surface area contributed by atoms with E-state index in [2.05, 4.69) is 32.9 Å². The molecule has 1 aliphatic heterocycles. The van der Waals surface area contributed by atoms with Gasteiger partial charge in [-0.15, -0.1) is 0 Å². The van der Waals surface area contributed by atoms with Gasteiger partial charge in [-0.25, -0.2) is 24.0 Å². The molecule has 33 heavy (non-hydrogen) atoms. The summed E-state index contributed by atoms with van der Waals surface area (Å²) in [6.45, 7) is 2.76. The summed E-state index contributed by atoms with van der Waals surface area (Å²) >= 11 is 6.30. The molecule has 0 saturated carbocycles. The van der Waals surface area contributed by atoms with Gasteiger partial charge in [0.1, 0.15) is 35.2 Å². The first kappa shape index (κ1) is 19.5. The lowest BCUT2D eigenvalue weighted by atomic mass is 9.89. The Bertz CT molecular complexity index is 1630. The Morgan fingerprint density at radius 3 is 2.88 bits per heavy atom. The van der Waals surface area contributed by atoms with E-state index in [-0.39, 0.29) is 23.0 Å². The van der Waals surface area contributed by atoms with Crippen molar-refractivity contribution in [1.82, 2.24) is 34.1 Å². The minimum absolute atomic E-state index is 0.157. The highest BCUT2D eigenvalue weighted by molar-refractivity contribution is 6.33. The van der Waals surface area contributed by atoms with Crippen LogP contribution in [0, 0.1) is 17.2 Å². The van der Waals surface area contributed by atoms with Crippen molar-refractivity contribution in [3.63, 3.8) is 0 Å². The summed E-state index contributed by atoms with van der Waals surface area (Å²) in [6, 6.07) is 8.92. The molecule has 0 spiro atoms. The molecule has 2 atom stereocenters. The molecule has 0 bridgehead atoms. The van der Waals surface area contributed by atoms with Gasteiger partial charge in [0.05, 0.1) is 22.0 Å². The molecular weight excluding hydrogens is 442 g/mol. The van der Waals surface area contributed by atoms with Crippen molar-refractivity contribution >= 4 is 34.0 Å². The summed E-state index contributed by atoms with van der Waals surface area (Å²) < 4.78 is 3.02. The summed E-state index contributed by atoms with van der Waals surface area (Å²) in [5, 5.41) is 15.3. The fourth-order valence-electron chi connectivity index (χ4n) is 4.50. The molecule has 0 radical (unpaired) electrons. The summed E-state index contributed by atoms with van der Waals surface area (Å²) in [5.74, 6) is 1.74. The summed E-state index contributed by atoms with van der Waals surface area (Å²) in [5.41, 5.74) is 1.02. The number of halogens is 1. The molecule has 5 aromatic heterocycles. The lowest BCUT2D eigenvalue weighted by Crippen LogP contribution is -2.51. The van der Waals surface area contributed by atoms with Gasteiger partial charge < -0.3 is 9.88 Å². The van der Waals surface area contributed by atoms with Gasteiger partial charge in [-0.1, -0.05) is 24.6 Å². The molecule has 1 fully saturated rings. The lowest BCUT2D eigenvalue weighted by molar-refractivity contribution is 0.301. The third-order valence-electron chi connectivity index (χ3n) is 6.01. The second kappa shape index (κ2) is 7.15. The molecule has 0 aliphatic carbocycles. The van der Waals surface area contributed by atoms with E-state index in [0.29, 0.717) is 45.6 Å². The maximum absolute atomic E-state index is 13.6. The zero-order chi connectivity index (χ0) is 22.7. The highest BCUT2D eigenvalue weighted by Crippen LogP contribution is 2.43. The average molecular weight is 458 g/mol. The van der Waals surface area contributed by atoms with E-state index in [1.807, 2.05) is 11.0 Å². The van der Waals surface area contributed by atoms with Gasteiger partial charge in [-0.3, -0.25) is 4.79 Å². The smallest absolute Gasteiger partial charge is 0.285 e. The van der Waals surface area contributed by atoms with Gasteiger partial charge in [0, 0.05) is 31.1 Å². The minimum Gasteiger partial charge on any atom is -0.345 e. The van der Waals surface area contributed by atoms with Gasteiger partial charge in [-0.2, -0.15) is 10.4 Å². The first-order valence-electron chi connectivity index (χ1n) is 10.3. The number of nitrogens with one attached hydrogen (secondary N) is 1. The van der Waals surface area contributed by atoms with E-state index in [1.165, 1.54) is 15.4 Å². The van der Waals surface area contributed by atoms with Gasteiger partial charge in [0.15, 0.2) is 5.82 Å². The number of aromatic amines is 1. The van der Waals surface area contributed by atoms with Gasteiger partial charge in [-0.05, 0) is 18.2 Å². The SMILES string of the molecule is C[C@H]1CN(c2ncnc3[nH]cc(C#N)c23)[C@@H]1c1nn2ccc(Cl)c2c(=O)n1-c1ccccn1. The minimum atomic E-state index is -0.306. The summed E-state index contributed by atoms with van der Waals surface area (Å²) in [4.78, 5) is 31.8. The van der Waals surface area contributed by atoms with E-state index >= 15 is 0 Å². The largest absolute Gasteiger partial charge is 0.345 e. The van der Waals surface area contributed by atoms with Crippen LogP contribution >= 0.6 is 11.6 Å². The lowest BCUT2D eigenvalue weighted by Gasteiger charge is -2.47. The van der Waals surface area contributed by atoms with Crippen molar-refractivity contribution in [1.29, 1.82) is 5.26 Å². The van der Waals surface area contributed by atoms with Gasteiger partial charge >= 0.3 is 0 Å². The van der Waals surface area contributed by atoms with Crippen LogP contribution in [0.25, 0.3) is 22.4 Å². The second-order valence-corrected chi connectivity index (χ2v) is 8.36. The molecule has 6 rings (SSSR count). The molecule has 0 amide bonds. The average Bonchev–Trinajstić information content (AvgIpc) is 3.41. The molecule has 1 saturated heterocycles. The van der Waals surface area contributed by atoms with Crippen LogP contribution in [-0.4, -0.2) is 40.7 Å². The van der Waals surface area contributed by atoms with E-state index in [1.54, 1.807) is 36.8 Å². The normalized spacial score (nSPS) is 17.9. The Kier molecular flexibility index (Phi) is 4.21. The van der Waals surface area contributed by atoms with E-state index < -0.39 is 0 Å². The number of nitrogens with zero attached hydrogens (tertiary/aromatic N) is 8. The molecule has 1 aliphatic rings. The van der Waals surface area contributed by atoms with Crippen LogP contribution < -0.4 is 10.5 Å². The number of anilines is 1.